The van der Waals surface area contributed by atoms with Crippen LogP contribution in [0.5, 0.6) is 17.2 Å². The minimum atomic E-state index is -4.39. The first kappa shape index (κ1) is 24.4. The van der Waals surface area contributed by atoms with Gasteiger partial charge in [-0.25, -0.2) is 4.98 Å². The van der Waals surface area contributed by atoms with Gasteiger partial charge in [-0.05, 0) is 43.7 Å². The first-order valence-electron chi connectivity index (χ1n) is 10.1. The Morgan fingerprint density at radius 1 is 1.00 bits per heavy atom. The van der Waals surface area contributed by atoms with Crippen molar-refractivity contribution in [2.45, 2.75) is 33.1 Å². The highest BCUT2D eigenvalue weighted by Gasteiger charge is 2.29. The summed E-state index contributed by atoms with van der Waals surface area (Å²) in [5.41, 5.74) is 2.35. The standard InChI is InChI=1S/C23H26F3N3O4/c1-13-6-15(7-14(2)21(13)33-12-23(24,25)26)10-29(3)11-20-27-17-9-19(32-5)18(31-4)8-16(17)22(30)28-20/h6-9H,10-12H2,1-5H3,(H,27,28,30). The van der Waals surface area contributed by atoms with E-state index in [4.69, 9.17) is 14.2 Å². The van der Waals surface area contributed by atoms with Crippen LogP contribution in [-0.4, -0.2) is 48.9 Å². The largest absolute Gasteiger partial charge is 0.493 e. The van der Waals surface area contributed by atoms with Crippen LogP contribution in [0.2, 0.25) is 0 Å². The van der Waals surface area contributed by atoms with Crippen molar-refractivity contribution in [2.75, 3.05) is 27.9 Å². The van der Waals surface area contributed by atoms with Crippen LogP contribution in [0.4, 0.5) is 13.2 Å². The van der Waals surface area contributed by atoms with E-state index in [2.05, 4.69) is 9.97 Å². The van der Waals surface area contributed by atoms with Crippen molar-refractivity contribution in [1.29, 1.82) is 0 Å². The fraction of sp³-hybridized carbons (Fsp3) is 0.391. The molecule has 0 saturated heterocycles. The maximum atomic E-state index is 12.6. The smallest absolute Gasteiger partial charge is 0.422 e. The average molecular weight is 465 g/mol. The number of fused-ring (bicyclic) bond motifs is 1. The molecule has 1 aromatic heterocycles. The second-order valence-electron chi connectivity index (χ2n) is 7.87. The number of rotatable bonds is 8. The van der Waals surface area contributed by atoms with E-state index in [1.807, 2.05) is 11.9 Å². The van der Waals surface area contributed by atoms with Gasteiger partial charge in [0.2, 0.25) is 0 Å². The Kier molecular flexibility index (Phi) is 7.16. The summed E-state index contributed by atoms with van der Waals surface area (Å²) in [6.07, 6.45) is -4.39. The summed E-state index contributed by atoms with van der Waals surface area (Å²) in [7, 11) is 4.86. The lowest BCUT2D eigenvalue weighted by molar-refractivity contribution is -0.153. The van der Waals surface area contributed by atoms with Gasteiger partial charge in [-0.3, -0.25) is 9.69 Å². The van der Waals surface area contributed by atoms with Gasteiger partial charge >= 0.3 is 6.18 Å². The van der Waals surface area contributed by atoms with Gasteiger partial charge in [0.15, 0.2) is 18.1 Å². The number of aromatic amines is 1. The van der Waals surface area contributed by atoms with E-state index in [1.54, 1.807) is 38.1 Å². The van der Waals surface area contributed by atoms with Crippen molar-refractivity contribution >= 4 is 10.9 Å². The lowest BCUT2D eigenvalue weighted by Gasteiger charge is -2.19. The van der Waals surface area contributed by atoms with Gasteiger partial charge < -0.3 is 19.2 Å². The maximum absolute atomic E-state index is 12.6. The number of halogens is 3. The topological polar surface area (TPSA) is 76.7 Å². The van der Waals surface area contributed by atoms with E-state index >= 15 is 0 Å². The van der Waals surface area contributed by atoms with E-state index in [0.29, 0.717) is 52.4 Å². The monoisotopic (exact) mass is 465 g/mol. The fourth-order valence-corrected chi connectivity index (χ4v) is 3.73. The molecule has 0 unspecified atom stereocenters. The molecule has 3 aromatic rings. The molecule has 0 bridgehead atoms. The van der Waals surface area contributed by atoms with Crippen LogP contribution in [0.15, 0.2) is 29.1 Å². The van der Waals surface area contributed by atoms with Gasteiger partial charge in [0, 0.05) is 12.6 Å². The average Bonchev–Trinajstić information content (AvgIpc) is 2.71. The number of alkyl halides is 3. The molecule has 0 atom stereocenters. The Balaban J connectivity index is 1.78. The van der Waals surface area contributed by atoms with Crippen LogP contribution in [0.25, 0.3) is 10.9 Å². The van der Waals surface area contributed by atoms with Crippen molar-refractivity contribution in [3.63, 3.8) is 0 Å². The van der Waals surface area contributed by atoms with Crippen molar-refractivity contribution in [3.05, 3.63) is 57.1 Å². The highest BCUT2D eigenvalue weighted by Crippen LogP contribution is 2.30. The van der Waals surface area contributed by atoms with Crippen LogP contribution in [0.3, 0.4) is 0 Å². The van der Waals surface area contributed by atoms with Crippen LogP contribution < -0.4 is 19.8 Å². The van der Waals surface area contributed by atoms with Crippen LogP contribution in [0, 0.1) is 13.8 Å². The van der Waals surface area contributed by atoms with E-state index in [9.17, 15) is 18.0 Å². The molecule has 1 heterocycles. The molecule has 0 aliphatic rings. The maximum Gasteiger partial charge on any atom is 0.422 e. The summed E-state index contributed by atoms with van der Waals surface area (Å²) in [6.45, 7) is 2.95. The predicted molar refractivity (Wildman–Crippen MR) is 118 cm³/mol. The number of methoxy groups -OCH3 is 2. The Morgan fingerprint density at radius 2 is 1.61 bits per heavy atom. The normalized spacial score (nSPS) is 11.8. The third-order valence-electron chi connectivity index (χ3n) is 5.03. The molecule has 10 heteroatoms. The van der Waals surface area contributed by atoms with Crippen molar-refractivity contribution in [3.8, 4) is 17.2 Å². The van der Waals surface area contributed by atoms with Crippen molar-refractivity contribution in [1.82, 2.24) is 14.9 Å². The number of aryl methyl sites for hydroxylation is 2. The van der Waals surface area contributed by atoms with Crippen molar-refractivity contribution < 1.29 is 27.4 Å². The fourth-order valence-electron chi connectivity index (χ4n) is 3.73. The minimum Gasteiger partial charge on any atom is -0.493 e. The van der Waals surface area contributed by atoms with Gasteiger partial charge in [0.05, 0.1) is 31.7 Å². The third-order valence-corrected chi connectivity index (χ3v) is 5.03. The lowest BCUT2D eigenvalue weighted by Crippen LogP contribution is -2.22. The molecule has 0 fully saturated rings. The summed E-state index contributed by atoms with van der Waals surface area (Å²) in [6, 6.07) is 6.83. The molecular weight excluding hydrogens is 439 g/mol. The van der Waals surface area contributed by atoms with Gasteiger partial charge in [-0.2, -0.15) is 13.2 Å². The molecule has 0 aliphatic carbocycles. The Hall–Kier alpha value is -3.27. The Morgan fingerprint density at radius 3 is 2.18 bits per heavy atom. The molecular formula is C23H26F3N3O4. The van der Waals surface area contributed by atoms with E-state index in [-0.39, 0.29) is 11.3 Å². The number of ether oxygens (including phenoxy) is 3. The van der Waals surface area contributed by atoms with Crippen molar-refractivity contribution in [2.24, 2.45) is 0 Å². The second-order valence-corrected chi connectivity index (χ2v) is 7.87. The van der Waals surface area contributed by atoms with E-state index in [1.165, 1.54) is 14.2 Å². The molecule has 7 nitrogen and oxygen atoms in total. The van der Waals surface area contributed by atoms with Gasteiger partial charge in [-0.15, -0.1) is 0 Å². The molecule has 178 valence electrons. The summed E-state index contributed by atoms with van der Waals surface area (Å²) >= 11 is 0. The van der Waals surface area contributed by atoms with Gasteiger partial charge in [-0.1, -0.05) is 12.1 Å². The van der Waals surface area contributed by atoms with E-state index < -0.39 is 12.8 Å². The zero-order valence-electron chi connectivity index (χ0n) is 19.1. The molecule has 0 spiro atoms. The molecule has 33 heavy (non-hydrogen) atoms. The zero-order valence-corrected chi connectivity index (χ0v) is 19.1. The molecule has 0 radical (unpaired) electrons. The van der Waals surface area contributed by atoms with Gasteiger partial charge in [0.25, 0.3) is 5.56 Å². The molecule has 3 rings (SSSR count). The Bertz CT molecular complexity index is 1180. The SMILES string of the molecule is COc1cc2nc(CN(C)Cc3cc(C)c(OCC(F)(F)F)c(C)c3)[nH]c(=O)c2cc1OC. The number of benzene rings is 2. The molecule has 0 amide bonds. The molecule has 0 saturated carbocycles. The number of hydrogen-bond acceptors (Lipinski definition) is 6. The van der Waals surface area contributed by atoms with E-state index in [0.717, 1.165) is 5.56 Å². The Labute approximate surface area is 189 Å². The molecule has 2 aromatic carbocycles. The first-order chi connectivity index (χ1) is 15.5. The first-order valence-corrected chi connectivity index (χ1v) is 10.1. The highest BCUT2D eigenvalue weighted by molar-refractivity contribution is 5.81. The number of hydrogen-bond donors (Lipinski definition) is 1. The van der Waals surface area contributed by atoms with Crippen LogP contribution in [-0.2, 0) is 13.1 Å². The zero-order chi connectivity index (χ0) is 24.3. The number of nitrogens with zero attached hydrogens (tertiary/aromatic N) is 2. The summed E-state index contributed by atoms with van der Waals surface area (Å²) in [4.78, 5) is 21.8. The minimum absolute atomic E-state index is 0.239. The second kappa shape index (κ2) is 9.70. The third kappa shape index (κ3) is 5.95. The summed E-state index contributed by atoms with van der Waals surface area (Å²) in [5, 5.41) is 0.389. The highest BCUT2D eigenvalue weighted by atomic mass is 19.4. The number of nitrogens with one attached hydrogen (secondary N) is 1. The van der Waals surface area contributed by atoms with Crippen LogP contribution >= 0.6 is 0 Å². The molecule has 1 N–H and O–H groups in total. The molecule has 0 aliphatic heterocycles. The number of aromatic nitrogens is 2. The predicted octanol–water partition coefficient (Wildman–Crippen LogP) is 4.13. The van der Waals surface area contributed by atoms with Crippen LogP contribution in [0.1, 0.15) is 22.5 Å². The quantitative estimate of drug-likeness (QED) is 0.539. The number of H-pyrrole nitrogens is 1. The lowest BCUT2D eigenvalue weighted by atomic mass is 10.1. The summed E-state index contributed by atoms with van der Waals surface area (Å²) in [5.74, 6) is 1.63. The van der Waals surface area contributed by atoms with Gasteiger partial charge in [0.1, 0.15) is 11.6 Å². The summed E-state index contributed by atoms with van der Waals surface area (Å²) < 4.78 is 53.0.